The van der Waals surface area contributed by atoms with Gasteiger partial charge in [0, 0.05) is 36.6 Å². The molecule has 1 fully saturated rings. The lowest BCUT2D eigenvalue weighted by molar-refractivity contribution is 0.631. The summed E-state index contributed by atoms with van der Waals surface area (Å²) in [5, 5.41) is 1.22. The minimum atomic E-state index is 0.209. The van der Waals surface area contributed by atoms with Gasteiger partial charge in [-0.2, -0.15) is 0 Å². The topological polar surface area (TPSA) is 43.8 Å². The van der Waals surface area contributed by atoms with Gasteiger partial charge < -0.3 is 10.3 Å². The third-order valence-electron chi connectivity index (χ3n) is 4.38. The van der Waals surface area contributed by atoms with Gasteiger partial charge in [-0.1, -0.05) is 18.2 Å². The van der Waals surface area contributed by atoms with Crippen LogP contribution in [0.3, 0.4) is 0 Å². The first-order valence-corrected chi connectivity index (χ1v) is 7.55. The molecule has 0 saturated heterocycles. The number of aromatic nitrogens is 2. The lowest BCUT2D eigenvalue weighted by Gasteiger charge is -2.09. The maximum absolute atomic E-state index is 6.27. The van der Waals surface area contributed by atoms with Crippen molar-refractivity contribution in [3.63, 3.8) is 0 Å². The first-order chi connectivity index (χ1) is 10.3. The molecule has 1 unspecified atom stereocenters. The van der Waals surface area contributed by atoms with Crippen LogP contribution in [0.4, 0.5) is 0 Å². The Morgan fingerprint density at radius 2 is 2.05 bits per heavy atom. The summed E-state index contributed by atoms with van der Waals surface area (Å²) in [6.07, 6.45) is 8.77. The van der Waals surface area contributed by atoms with E-state index in [0.717, 1.165) is 12.1 Å². The van der Waals surface area contributed by atoms with Gasteiger partial charge in [0.25, 0.3) is 0 Å². The Morgan fingerprint density at radius 3 is 2.90 bits per heavy atom. The molecule has 3 aromatic rings. The molecule has 1 atom stereocenters. The van der Waals surface area contributed by atoms with Crippen molar-refractivity contribution in [1.82, 2.24) is 9.55 Å². The molecular weight excluding hydrogens is 258 g/mol. The van der Waals surface area contributed by atoms with E-state index in [4.69, 9.17) is 5.73 Å². The highest BCUT2D eigenvalue weighted by molar-refractivity contribution is 5.81. The summed E-state index contributed by atoms with van der Waals surface area (Å²) < 4.78 is 2.22. The van der Waals surface area contributed by atoms with Crippen molar-refractivity contribution in [2.24, 2.45) is 11.7 Å². The fourth-order valence-corrected chi connectivity index (χ4v) is 2.97. The van der Waals surface area contributed by atoms with Crippen molar-refractivity contribution in [1.29, 1.82) is 0 Å². The number of hydrogen-bond acceptors (Lipinski definition) is 2. The third-order valence-corrected chi connectivity index (χ3v) is 4.38. The summed E-state index contributed by atoms with van der Waals surface area (Å²) in [6.45, 7) is 0.862. The summed E-state index contributed by atoms with van der Waals surface area (Å²) in [5.74, 6) is 0.697. The maximum atomic E-state index is 6.27. The van der Waals surface area contributed by atoms with Gasteiger partial charge in [-0.15, -0.1) is 0 Å². The Kier molecular flexibility index (Phi) is 3.00. The quantitative estimate of drug-likeness (QED) is 0.793. The van der Waals surface area contributed by atoms with Crippen molar-refractivity contribution in [3.05, 3.63) is 66.1 Å². The van der Waals surface area contributed by atoms with Gasteiger partial charge in [0.05, 0.1) is 5.52 Å². The first kappa shape index (κ1) is 12.6. The monoisotopic (exact) mass is 277 g/mol. The molecule has 106 valence electrons. The molecule has 2 aromatic heterocycles. The number of benzene rings is 1. The Labute approximate surface area is 124 Å². The normalized spacial score (nSPS) is 16.2. The number of para-hydroxylation sites is 1. The number of hydrogen-bond donors (Lipinski definition) is 1. The van der Waals surface area contributed by atoms with Crippen LogP contribution in [0.1, 0.15) is 30.0 Å². The van der Waals surface area contributed by atoms with Crippen LogP contribution in [0.5, 0.6) is 0 Å². The van der Waals surface area contributed by atoms with E-state index in [1.165, 1.54) is 29.4 Å². The summed E-state index contributed by atoms with van der Waals surface area (Å²) in [6, 6.07) is 12.8. The largest absolute Gasteiger partial charge is 0.350 e. The molecule has 1 saturated carbocycles. The molecule has 0 aliphatic heterocycles. The van der Waals surface area contributed by atoms with Crippen LogP contribution in [0.15, 0.2) is 55.0 Å². The van der Waals surface area contributed by atoms with E-state index in [1.54, 1.807) is 0 Å². The summed E-state index contributed by atoms with van der Waals surface area (Å²) in [7, 11) is 0. The SMILES string of the molecule is NC(c1ccn(Cc2ccnc3ccccc23)c1)C1CC1. The summed E-state index contributed by atoms with van der Waals surface area (Å²) >= 11 is 0. The minimum absolute atomic E-state index is 0.209. The minimum Gasteiger partial charge on any atom is -0.350 e. The predicted molar refractivity (Wildman–Crippen MR) is 84.9 cm³/mol. The van der Waals surface area contributed by atoms with Crippen molar-refractivity contribution >= 4 is 10.9 Å². The highest BCUT2D eigenvalue weighted by Gasteiger charge is 2.29. The van der Waals surface area contributed by atoms with Crippen LogP contribution in [-0.4, -0.2) is 9.55 Å². The molecule has 21 heavy (non-hydrogen) atoms. The molecule has 1 aliphatic carbocycles. The van der Waals surface area contributed by atoms with Gasteiger partial charge >= 0.3 is 0 Å². The molecule has 0 amide bonds. The van der Waals surface area contributed by atoms with E-state index in [1.807, 2.05) is 12.3 Å². The average Bonchev–Trinajstić information content (AvgIpc) is 3.27. The van der Waals surface area contributed by atoms with E-state index in [9.17, 15) is 0 Å². The second-order valence-corrected chi connectivity index (χ2v) is 5.97. The number of nitrogens with zero attached hydrogens (tertiary/aromatic N) is 2. The van der Waals surface area contributed by atoms with Crippen molar-refractivity contribution in [2.45, 2.75) is 25.4 Å². The zero-order valence-electron chi connectivity index (χ0n) is 11.9. The molecule has 0 bridgehead atoms. The maximum Gasteiger partial charge on any atom is 0.0705 e. The number of rotatable bonds is 4. The third kappa shape index (κ3) is 2.45. The molecule has 2 N–H and O–H groups in total. The van der Waals surface area contributed by atoms with Crippen molar-refractivity contribution < 1.29 is 0 Å². The van der Waals surface area contributed by atoms with E-state index in [2.05, 4.69) is 52.3 Å². The first-order valence-electron chi connectivity index (χ1n) is 7.55. The highest BCUT2D eigenvalue weighted by Crippen LogP contribution is 2.39. The lowest BCUT2D eigenvalue weighted by Crippen LogP contribution is -2.11. The number of nitrogens with two attached hydrogens (primary N) is 1. The number of fused-ring (bicyclic) bond motifs is 1. The smallest absolute Gasteiger partial charge is 0.0705 e. The van der Waals surface area contributed by atoms with E-state index in [0.29, 0.717) is 5.92 Å². The van der Waals surface area contributed by atoms with Gasteiger partial charge in [-0.3, -0.25) is 4.98 Å². The standard InChI is InChI=1S/C18H19N3/c19-18(13-5-6-13)15-8-10-21(12-15)11-14-7-9-20-17-4-2-1-3-16(14)17/h1-4,7-10,12-13,18H,5-6,11,19H2. The molecular formula is C18H19N3. The molecule has 4 rings (SSSR count). The van der Waals surface area contributed by atoms with Gasteiger partial charge in [-0.25, -0.2) is 0 Å². The van der Waals surface area contributed by atoms with E-state index < -0.39 is 0 Å². The van der Waals surface area contributed by atoms with E-state index >= 15 is 0 Å². The van der Waals surface area contributed by atoms with Gasteiger partial charge in [0.15, 0.2) is 0 Å². The Bertz CT molecular complexity index is 765. The molecule has 3 heteroatoms. The molecule has 3 nitrogen and oxygen atoms in total. The van der Waals surface area contributed by atoms with Crippen LogP contribution >= 0.6 is 0 Å². The average molecular weight is 277 g/mol. The van der Waals surface area contributed by atoms with Crippen LogP contribution in [-0.2, 0) is 6.54 Å². The second-order valence-electron chi connectivity index (χ2n) is 5.97. The Balaban J connectivity index is 1.62. The summed E-state index contributed by atoms with van der Waals surface area (Å²) in [4.78, 5) is 4.42. The van der Waals surface area contributed by atoms with Crippen LogP contribution in [0.2, 0.25) is 0 Å². The Hall–Kier alpha value is -2.13. The fraction of sp³-hybridized carbons (Fsp3) is 0.278. The Morgan fingerprint density at radius 1 is 1.19 bits per heavy atom. The van der Waals surface area contributed by atoms with Gasteiger partial charge in [0.1, 0.15) is 0 Å². The second kappa shape index (κ2) is 5.01. The molecule has 0 radical (unpaired) electrons. The van der Waals surface area contributed by atoms with Gasteiger partial charge in [-0.05, 0) is 48.1 Å². The zero-order chi connectivity index (χ0) is 14.2. The molecule has 1 aliphatic rings. The number of pyridine rings is 1. The van der Waals surface area contributed by atoms with Crippen molar-refractivity contribution in [3.8, 4) is 0 Å². The van der Waals surface area contributed by atoms with Crippen LogP contribution in [0, 0.1) is 5.92 Å². The van der Waals surface area contributed by atoms with Crippen LogP contribution in [0.25, 0.3) is 10.9 Å². The predicted octanol–water partition coefficient (Wildman–Crippen LogP) is 3.49. The fourth-order valence-electron chi connectivity index (χ4n) is 2.97. The van der Waals surface area contributed by atoms with Crippen LogP contribution < -0.4 is 5.73 Å². The van der Waals surface area contributed by atoms with E-state index in [-0.39, 0.29) is 6.04 Å². The highest BCUT2D eigenvalue weighted by atomic mass is 14.9. The van der Waals surface area contributed by atoms with Gasteiger partial charge in [0.2, 0.25) is 0 Å². The summed E-state index contributed by atoms with van der Waals surface area (Å²) in [5.41, 5.74) is 9.88. The molecule has 0 spiro atoms. The zero-order valence-corrected chi connectivity index (χ0v) is 11.9. The van der Waals surface area contributed by atoms with Crippen molar-refractivity contribution in [2.75, 3.05) is 0 Å². The molecule has 2 heterocycles. The lowest BCUT2D eigenvalue weighted by atomic mass is 10.1. The molecule has 1 aromatic carbocycles.